The normalized spacial score (nSPS) is 10.4. The number of hydrogen-bond donors (Lipinski definition) is 2. The predicted octanol–water partition coefficient (Wildman–Crippen LogP) is 0.960. The third-order valence-corrected chi connectivity index (χ3v) is 2.72. The van der Waals surface area contributed by atoms with Crippen molar-refractivity contribution in [1.29, 1.82) is 0 Å². The van der Waals surface area contributed by atoms with E-state index in [9.17, 15) is 10.1 Å². The summed E-state index contributed by atoms with van der Waals surface area (Å²) in [5.74, 6) is 0.855. The summed E-state index contributed by atoms with van der Waals surface area (Å²) in [4.78, 5) is 10.1. The Bertz CT molecular complexity index is 595. The van der Waals surface area contributed by atoms with Gasteiger partial charge in [0.15, 0.2) is 0 Å². The Balaban J connectivity index is 1.96. The zero-order valence-electron chi connectivity index (χ0n) is 10.4. The Morgan fingerprint density at radius 2 is 2.32 bits per heavy atom. The Morgan fingerprint density at radius 3 is 2.89 bits per heavy atom. The number of non-ortho nitro benzene ring substituents is 1. The first kappa shape index (κ1) is 12.8. The molecule has 0 fully saturated rings. The minimum Gasteiger partial charge on any atom is -0.397 e. The second-order valence-electron chi connectivity index (χ2n) is 4.06. The summed E-state index contributed by atoms with van der Waals surface area (Å²) in [5.41, 5.74) is 6.76. The minimum absolute atomic E-state index is 0.0173. The molecule has 0 saturated carbocycles. The zero-order valence-corrected chi connectivity index (χ0v) is 10.4. The Morgan fingerprint density at radius 1 is 1.53 bits per heavy atom. The SMILES string of the molecule is Cn1cnnc1CCNc1ccc([N+](=O)[O-])cc1N. The molecule has 0 aliphatic heterocycles. The highest BCUT2D eigenvalue weighted by atomic mass is 16.6. The number of nitrogens with one attached hydrogen (secondary N) is 1. The second kappa shape index (κ2) is 5.34. The van der Waals surface area contributed by atoms with Crippen LogP contribution < -0.4 is 11.1 Å². The second-order valence-corrected chi connectivity index (χ2v) is 4.06. The van der Waals surface area contributed by atoms with Crippen LogP contribution in [0, 0.1) is 10.1 Å². The highest BCUT2D eigenvalue weighted by Gasteiger charge is 2.08. The molecule has 1 heterocycles. The van der Waals surface area contributed by atoms with Crippen LogP contribution in [0.1, 0.15) is 5.82 Å². The molecule has 0 amide bonds. The maximum absolute atomic E-state index is 10.6. The first-order valence-electron chi connectivity index (χ1n) is 5.68. The fourth-order valence-corrected chi connectivity index (χ4v) is 1.67. The number of aromatic nitrogens is 3. The average Bonchev–Trinajstić information content (AvgIpc) is 2.77. The molecule has 0 radical (unpaired) electrons. The molecule has 1 aromatic carbocycles. The average molecular weight is 262 g/mol. The fourth-order valence-electron chi connectivity index (χ4n) is 1.67. The zero-order chi connectivity index (χ0) is 13.8. The van der Waals surface area contributed by atoms with Crippen LogP contribution in [-0.4, -0.2) is 26.2 Å². The van der Waals surface area contributed by atoms with E-state index in [0.29, 0.717) is 24.3 Å². The van der Waals surface area contributed by atoms with E-state index in [2.05, 4.69) is 15.5 Å². The van der Waals surface area contributed by atoms with E-state index in [1.807, 2.05) is 11.6 Å². The fraction of sp³-hybridized carbons (Fsp3) is 0.273. The van der Waals surface area contributed by atoms with Gasteiger partial charge in [0.05, 0.1) is 16.3 Å². The van der Waals surface area contributed by atoms with E-state index >= 15 is 0 Å². The monoisotopic (exact) mass is 262 g/mol. The van der Waals surface area contributed by atoms with Crippen LogP contribution in [0.5, 0.6) is 0 Å². The summed E-state index contributed by atoms with van der Waals surface area (Å²) in [6.07, 6.45) is 2.32. The molecule has 100 valence electrons. The largest absolute Gasteiger partial charge is 0.397 e. The smallest absolute Gasteiger partial charge is 0.271 e. The lowest BCUT2D eigenvalue weighted by molar-refractivity contribution is -0.384. The summed E-state index contributed by atoms with van der Waals surface area (Å²) in [7, 11) is 1.87. The van der Waals surface area contributed by atoms with E-state index < -0.39 is 4.92 Å². The number of aryl methyl sites for hydroxylation is 1. The van der Waals surface area contributed by atoms with Crippen LogP contribution in [0.3, 0.4) is 0 Å². The van der Waals surface area contributed by atoms with Gasteiger partial charge in [0.2, 0.25) is 0 Å². The lowest BCUT2D eigenvalue weighted by Crippen LogP contribution is -2.10. The first-order chi connectivity index (χ1) is 9.08. The highest BCUT2D eigenvalue weighted by molar-refractivity contribution is 5.69. The Kier molecular flexibility index (Phi) is 3.60. The quantitative estimate of drug-likeness (QED) is 0.471. The van der Waals surface area contributed by atoms with Crippen LogP contribution >= 0.6 is 0 Å². The van der Waals surface area contributed by atoms with Crippen molar-refractivity contribution in [3.63, 3.8) is 0 Å². The topological polar surface area (TPSA) is 112 Å². The number of nitrogens with two attached hydrogens (primary N) is 1. The van der Waals surface area contributed by atoms with Gasteiger partial charge < -0.3 is 15.6 Å². The molecule has 0 spiro atoms. The molecule has 0 aliphatic carbocycles. The molecule has 8 heteroatoms. The van der Waals surface area contributed by atoms with Gasteiger partial charge in [-0.2, -0.15) is 0 Å². The van der Waals surface area contributed by atoms with Crippen molar-refractivity contribution in [2.24, 2.45) is 7.05 Å². The number of nitrogens with zero attached hydrogens (tertiary/aromatic N) is 4. The van der Waals surface area contributed by atoms with Gasteiger partial charge in [0.25, 0.3) is 5.69 Å². The molecule has 0 atom stereocenters. The van der Waals surface area contributed by atoms with Crippen LogP contribution in [0.2, 0.25) is 0 Å². The minimum atomic E-state index is -0.473. The molecule has 3 N–H and O–H groups in total. The predicted molar refractivity (Wildman–Crippen MR) is 70.7 cm³/mol. The molecule has 2 rings (SSSR count). The van der Waals surface area contributed by atoms with Gasteiger partial charge in [-0.3, -0.25) is 10.1 Å². The summed E-state index contributed by atoms with van der Waals surface area (Å²) in [6, 6.07) is 4.36. The standard InChI is InChI=1S/C11H14N6O2/c1-16-7-14-15-11(16)4-5-13-10-3-2-8(17(18)19)6-9(10)12/h2-3,6-7,13H,4-5,12H2,1H3. The number of hydrogen-bond acceptors (Lipinski definition) is 6. The number of nitro groups is 1. The number of nitrogen functional groups attached to an aromatic ring is 1. The molecule has 0 saturated heterocycles. The number of nitro benzene ring substituents is 1. The molecule has 0 bridgehead atoms. The van der Waals surface area contributed by atoms with E-state index in [-0.39, 0.29) is 5.69 Å². The molecule has 19 heavy (non-hydrogen) atoms. The lowest BCUT2D eigenvalue weighted by atomic mass is 10.2. The lowest BCUT2D eigenvalue weighted by Gasteiger charge is -2.08. The van der Waals surface area contributed by atoms with Crippen molar-refractivity contribution < 1.29 is 4.92 Å². The summed E-state index contributed by atoms with van der Waals surface area (Å²) in [5, 5.41) is 21.4. The van der Waals surface area contributed by atoms with Gasteiger partial charge in [-0.25, -0.2) is 0 Å². The van der Waals surface area contributed by atoms with Gasteiger partial charge in [-0.15, -0.1) is 10.2 Å². The number of benzene rings is 1. The maximum atomic E-state index is 10.6. The van der Waals surface area contributed by atoms with Crippen LogP contribution in [-0.2, 0) is 13.5 Å². The van der Waals surface area contributed by atoms with E-state index in [4.69, 9.17) is 5.73 Å². The van der Waals surface area contributed by atoms with Crippen molar-refractivity contribution in [3.8, 4) is 0 Å². The van der Waals surface area contributed by atoms with Gasteiger partial charge in [-0.05, 0) is 6.07 Å². The molecular formula is C11H14N6O2. The van der Waals surface area contributed by atoms with Gasteiger partial charge in [0.1, 0.15) is 12.2 Å². The molecule has 1 aromatic heterocycles. The maximum Gasteiger partial charge on any atom is 0.271 e. The molecular weight excluding hydrogens is 248 g/mol. The van der Waals surface area contributed by atoms with Crippen molar-refractivity contribution >= 4 is 17.1 Å². The van der Waals surface area contributed by atoms with Gasteiger partial charge in [-0.1, -0.05) is 0 Å². The molecule has 2 aromatic rings. The summed E-state index contributed by atoms with van der Waals surface area (Å²) in [6.45, 7) is 0.620. The van der Waals surface area contributed by atoms with Crippen LogP contribution in [0.15, 0.2) is 24.5 Å². The van der Waals surface area contributed by atoms with Crippen LogP contribution in [0.25, 0.3) is 0 Å². The van der Waals surface area contributed by atoms with E-state index in [0.717, 1.165) is 5.82 Å². The molecule has 0 aliphatic rings. The highest BCUT2D eigenvalue weighted by Crippen LogP contribution is 2.23. The number of anilines is 2. The summed E-state index contributed by atoms with van der Waals surface area (Å²) >= 11 is 0. The van der Waals surface area contributed by atoms with Crippen molar-refractivity contribution in [2.45, 2.75) is 6.42 Å². The molecule has 0 unspecified atom stereocenters. The van der Waals surface area contributed by atoms with E-state index in [1.54, 1.807) is 12.4 Å². The summed E-state index contributed by atoms with van der Waals surface area (Å²) < 4.78 is 1.83. The van der Waals surface area contributed by atoms with Crippen molar-refractivity contribution in [1.82, 2.24) is 14.8 Å². The number of rotatable bonds is 5. The third kappa shape index (κ3) is 2.97. The van der Waals surface area contributed by atoms with Gasteiger partial charge in [0, 0.05) is 32.1 Å². The van der Waals surface area contributed by atoms with Crippen molar-refractivity contribution in [2.75, 3.05) is 17.6 Å². The third-order valence-electron chi connectivity index (χ3n) is 2.72. The Hall–Kier alpha value is -2.64. The molecule has 8 nitrogen and oxygen atoms in total. The van der Waals surface area contributed by atoms with Crippen LogP contribution in [0.4, 0.5) is 17.1 Å². The first-order valence-corrected chi connectivity index (χ1v) is 5.68. The van der Waals surface area contributed by atoms with Gasteiger partial charge >= 0.3 is 0 Å². The van der Waals surface area contributed by atoms with Crippen molar-refractivity contribution in [3.05, 3.63) is 40.5 Å². The Labute approximate surface area is 109 Å². The van der Waals surface area contributed by atoms with E-state index in [1.165, 1.54) is 12.1 Å².